The summed E-state index contributed by atoms with van der Waals surface area (Å²) in [5.74, 6) is 0.594. The zero-order valence-electron chi connectivity index (χ0n) is 7.36. The number of nitrogens with zero attached hydrogens (tertiary/aromatic N) is 1. The smallest absolute Gasteiger partial charge is 0.199 e. The van der Waals surface area contributed by atoms with Gasteiger partial charge in [0.05, 0.1) is 11.9 Å². The molecule has 0 aliphatic rings. The van der Waals surface area contributed by atoms with Crippen LogP contribution < -0.4 is 5.73 Å². The van der Waals surface area contributed by atoms with Crippen molar-refractivity contribution < 1.29 is 8.94 Å². The Kier molecular flexibility index (Phi) is 1.40. The predicted molar refractivity (Wildman–Crippen MR) is 51.7 cm³/mol. The molecular formula is C10H8N2O2. The lowest BCUT2D eigenvalue weighted by molar-refractivity contribution is 0.389. The van der Waals surface area contributed by atoms with Crippen molar-refractivity contribution in [2.24, 2.45) is 5.73 Å². The van der Waals surface area contributed by atoms with Gasteiger partial charge in [-0.25, -0.2) is 0 Å². The van der Waals surface area contributed by atoms with Gasteiger partial charge in [-0.05, 0) is 12.1 Å². The molecule has 0 saturated carbocycles. The highest BCUT2D eigenvalue weighted by Gasteiger charge is 2.14. The molecule has 4 nitrogen and oxygen atoms in total. The molecule has 3 rings (SSSR count). The zero-order chi connectivity index (χ0) is 9.54. The van der Waals surface area contributed by atoms with Gasteiger partial charge in [-0.3, -0.25) is 0 Å². The maximum Gasteiger partial charge on any atom is 0.199 e. The van der Waals surface area contributed by atoms with E-state index in [4.69, 9.17) is 14.7 Å². The van der Waals surface area contributed by atoms with Crippen LogP contribution in [0.2, 0.25) is 0 Å². The van der Waals surface area contributed by atoms with Gasteiger partial charge in [-0.1, -0.05) is 17.3 Å². The molecule has 0 unspecified atom stereocenters. The molecule has 0 aliphatic heterocycles. The van der Waals surface area contributed by atoms with Crippen molar-refractivity contribution in [1.29, 1.82) is 0 Å². The second-order valence-electron chi connectivity index (χ2n) is 3.09. The van der Waals surface area contributed by atoms with Crippen molar-refractivity contribution in [3.63, 3.8) is 0 Å². The van der Waals surface area contributed by atoms with E-state index in [0.717, 1.165) is 16.5 Å². The molecule has 0 fully saturated rings. The minimum absolute atomic E-state index is 0.302. The summed E-state index contributed by atoms with van der Waals surface area (Å²) in [7, 11) is 0. The number of furan rings is 1. The number of nitrogens with two attached hydrogens (primary N) is 1. The van der Waals surface area contributed by atoms with E-state index in [1.807, 2.05) is 24.3 Å². The average Bonchev–Trinajstić information content (AvgIpc) is 2.75. The second kappa shape index (κ2) is 2.59. The number of rotatable bonds is 1. The molecule has 2 N–H and O–H groups in total. The minimum atomic E-state index is 0.302. The maximum atomic E-state index is 5.58. The first-order valence-electron chi connectivity index (χ1n) is 4.36. The van der Waals surface area contributed by atoms with Crippen molar-refractivity contribution in [1.82, 2.24) is 5.16 Å². The van der Waals surface area contributed by atoms with Crippen molar-refractivity contribution in [3.8, 4) is 0 Å². The fourth-order valence-electron chi connectivity index (χ4n) is 1.58. The zero-order valence-corrected chi connectivity index (χ0v) is 7.36. The Labute approximate surface area is 79.3 Å². The molecule has 4 heteroatoms. The Morgan fingerprint density at radius 1 is 1.29 bits per heavy atom. The second-order valence-corrected chi connectivity index (χ2v) is 3.09. The molecule has 3 aromatic rings. The van der Waals surface area contributed by atoms with E-state index in [1.165, 1.54) is 0 Å². The van der Waals surface area contributed by atoms with Crippen molar-refractivity contribution >= 4 is 22.1 Å². The Morgan fingerprint density at radius 3 is 3.00 bits per heavy atom. The predicted octanol–water partition coefficient (Wildman–Crippen LogP) is 2.03. The Bertz CT molecular complexity index is 594. The van der Waals surface area contributed by atoms with Gasteiger partial charge >= 0.3 is 0 Å². The minimum Gasteiger partial charge on any atom is -0.450 e. The molecule has 14 heavy (non-hydrogen) atoms. The first kappa shape index (κ1) is 7.58. The van der Waals surface area contributed by atoms with Crippen LogP contribution >= 0.6 is 0 Å². The summed E-state index contributed by atoms with van der Waals surface area (Å²) in [5, 5.41) is 4.89. The molecular weight excluding hydrogens is 180 g/mol. The fraction of sp³-hybridized carbons (Fsp3) is 0.100. The van der Waals surface area contributed by atoms with Crippen LogP contribution in [0, 0.1) is 0 Å². The van der Waals surface area contributed by atoms with Gasteiger partial charge in [0.25, 0.3) is 0 Å². The lowest BCUT2D eigenvalue weighted by Gasteiger charge is -1.85. The van der Waals surface area contributed by atoms with E-state index in [0.29, 0.717) is 17.9 Å². The molecule has 70 valence electrons. The summed E-state index contributed by atoms with van der Waals surface area (Å²) in [6.07, 6.45) is 0. The molecule has 0 bridgehead atoms. The van der Waals surface area contributed by atoms with E-state index in [9.17, 15) is 0 Å². The number of hydrogen-bond donors (Lipinski definition) is 1. The van der Waals surface area contributed by atoms with Crippen LogP contribution in [0.3, 0.4) is 0 Å². The number of para-hydroxylation sites is 1. The summed E-state index contributed by atoms with van der Waals surface area (Å²) < 4.78 is 10.6. The van der Waals surface area contributed by atoms with E-state index in [1.54, 1.807) is 0 Å². The first-order chi connectivity index (χ1) is 6.90. The first-order valence-corrected chi connectivity index (χ1v) is 4.36. The third-order valence-corrected chi connectivity index (χ3v) is 2.26. The molecule has 0 spiro atoms. The van der Waals surface area contributed by atoms with Gasteiger partial charge in [-0.15, -0.1) is 0 Å². The molecule has 2 heterocycles. The van der Waals surface area contributed by atoms with Gasteiger partial charge in [0, 0.05) is 0 Å². The Hall–Kier alpha value is -1.81. The van der Waals surface area contributed by atoms with E-state index < -0.39 is 0 Å². The topological polar surface area (TPSA) is 65.2 Å². The average molecular weight is 188 g/mol. The summed E-state index contributed by atoms with van der Waals surface area (Å²) >= 11 is 0. The monoisotopic (exact) mass is 188 g/mol. The standard InChI is InChI=1S/C10H8N2O2/c11-5-8-10-9(12-14-8)6-3-1-2-4-7(6)13-10/h1-4H,5,11H2. The highest BCUT2D eigenvalue weighted by molar-refractivity contribution is 6.02. The van der Waals surface area contributed by atoms with Gasteiger partial charge in [0.2, 0.25) is 0 Å². The third-order valence-electron chi connectivity index (χ3n) is 2.26. The third kappa shape index (κ3) is 0.831. The molecule has 0 saturated heterocycles. The van der Waals surface area contributed by atoms with Crippen molar-refractivity contribution in [3.05, 3.63) is 30.0 Å². The summed E-state index contributed by atoms with van der Waals surface area (Å²) in [4.78, 5) is 0. The lowest BCUT2D eigenvalue weighted by Crippen LogP contribution is -1.93. The fourth-order valence-corrected chi connectivity index (χ4v) is 1.58. The van der Waals surface area contributed by atoms with Gasteiger partial charge in [0.15, 0.2) is 16.9 Å². The van der Waals surface area contributed by atoms with E-state index in [-0.39, 0.29) is 0 Å². The highest BCUT2D eigenvalue weighted by Crippen LogP contribution is 2.29. The number of hydrogen-bond acceptors (Lipinski definition) is 4. The SMILES string of the molecule is NCc1onc2c1oc1ccccc12. The van der Waals surface area contributed by atoms with Gasteiger partial charge < -0.3 is 14.7 Å². The lowest BCUT2D eigenvalue weighted by atomic mass is 10.2. The van der Waals surface area contributed by atoms with Crippen LogP contribution in [0.25, 0.3) is 22.1 Å². The Morgan fingerprint density at radius 2 is 2.14 bits per heavy atom. The van der Waals surface area contributed by atoms with Crippen LogP contribution in [0.4, 0.5) is 0 Å². The van der Waals surface area contributed by atoms with Crippen molar-refractivity contribution in [2.75, 3.05) is 0 Å². The van der Waals surface area contributed by atoms with Crippen molar-refractivity contribution in [2.45, 2.75) is 6.54 Å². The number of aromatic nitrogens is 1. The summed E-state index contributed by atoms with van der Waals surface area (Å²) in [6.45, 7) is 0.302. The van der Waals surface area contributed by atoms with E-state index in [2.05, 4.69) is 5.16 Å². The van der Waals surface area contributed by atoms with Crippen LogP contribution in [0.5, 0.6) is 0 Å². The molecule has 0 atom stereocenters. The summed E-state index contributed by atoms with van der Waals surface area (Å²) in [6, 6.07) is 7.71. The quantitative estimate of drug-likeness (QED) is 0.634. The van der Waals surface area contributed by atoms with Crippen LogP contribution in [0.1, 0.15) is 5.76 Å². The largest absolute Gasteiger partial charge is 0.450 e. The van der Waals surface area contributed by atoms with Crippen LogP contribution in [0.15, 0.2) is 33.2 Å². The Balaban J connectivity index is 2.51. The van der Waals surface area contributed by atoms with Crippen LogP contribution in [-0.2, 0) is 6.54 Å². The molecule has 2 aromatic heterocycles. The number of benzene rings is 1. The highest BCUT2D eigenvalue weighted by atomic mass is 16.5. The van der Waals surface area contributed by atoms with E-state index >= 15 is 0 Å². The summed E-state index contributed by atoms with van der Waals surface area (Å²) in [5.41, 5.74) is 7.72. The van der Waals surface area contributed by atoms with Crippen LogP contribution in [-0.4, -0.2) is 5.16 Å². The molecule has 0 amide bonds. The molecule has 0 radical (unpaired) electrons. The number of fused-ring (bicyclic) bond motifs is 3. The molecule has 0 aliphatic carbocycles. The normalized spacial score (nSPS) is 11.5. The molecule has 1 aromatic carbocycles. The maximum absolute atomic E-state index is 5.58. The van der Waals surface area contributed by atoms with Gasteiger partial charge in [0.1, 0.15) is 5.58 Å². The van der Waals surface area contributed by atoms with Gasteiger partial charge in [-0.2, -0.15) is 0 Å².